The summed E-state index contributed by atoms with van der Waals surface area (Å²) >= 11 is 0. The Balaban J connectivity index is 2.26. The monoisotopic (exact) mass is 293 g/mol. The summed E-state index contributed by atoms with van der Waals surface area (Å²) < 4.78 is 5.46. The molecule has 0 aromatic carbocycles. The van der Waals surface area contributed by atoms with Crippen molar-refractivity contribution in [3.05, 3.63) is 11.9 Å². The maximum Gasteiger partial charge on any atom is 0.245 e. The molecule has 7 heteroatoms. The van der Waals surface area contributed by atoms with Crippen LogP contribution in [0.3, 0.4) is 0 Å². The largest absolute Gasteiger partial charge is 0.383 e. The molecule has 1 aromatic heterocycles. The molecule has 3 N–H and O–H groups in total. The first-order chi connectivity index (χ1) is 10.2. The number of nitrogens with zero attached hydrogens (tertiary/aromatic N) is 3. The number of ether oxygens (including phenoxy) is 1. The molecule has 2 heterocycles. The maximum absolute atomic E-state index is 12.3. The SMILES string of the molecule is CCCNC(=O)C1COCCN1c1ncnc(N)c1CC. The van der Waals surface area contributed by atoms with Crippen LogP contribution in [0.15, 0.2) is 6.33 Å². The summed E-state index contributed by atoms with van der Waals surface area (Å²) in [5.41, 5.74) is 6.81. The number of morpholine rings is 1. The lowest BCUT2D eigenvalue weighted by molar-refractivity contribution is -0.124. The molecule has 1 amide bonds. The molecule has 7 nitrogen and oxygen atoms in total. The fourth-order valence-electron chi connectivity index (χ4n) is 2.44. The van der Waals surface area contributed by atoms with E-state index in [0.29, 0.717) is 32.1 Å². The van der Waals surface area contributed by atoms with E-state index in [2.05, 4.69) is 15.3 Å². The molecule has 116 valence electrons. The highest BCUT2D eigenvalue weighted by molar-refractivity contribution is 5.85. The van der Waals surface area contributed by atoms with Crippen LogP contribution >= 0.6 is 0 Å². The smallest absolute Gasteiger partial charge is 0.245 e. The Morgan fingerprint density at radius 2 is 2.33 bits per heavy atom. The number of carbonyl (C=O) groups is 1. The van der Waals surface area contributed by atoms with Crippen molar-refractivity contribution in [1.82, 2.24) is 15.3 Å². The Bertz CT molecular complexity index is 494. The average molecular weight is 293 g/mol. The summed E-state index contributed by atoms with van der Waals surface area (Å²) in [4.78, 5) is 22.7. The highest BCUT2D eigenvalue weighted by atomic mass is 16.5. The molecule has 0 aliphatic carbocycles. The predicted molar refractivity (Wildman–Crippen MR) is 81.1 cm³/mol. The zero-order valence-corrected chi connectivity index (χ0v) is 12.6. The van der Waals surface area contributed by atoms with Crippen molar-refractivity contribution in [3.63, 3.8) is 0 Å². The first kappa shape index (κ1) is 15.5. The summed E-state index contributed by atoms with van der Waals surface area (Å²) in [5, 5.41) is 2.92. The topological polar surface area (TPSA) is 93.4 Å². The summed E-state index contributed by atoms with van der Waals surface area (Å²) in [6.07, 6.45) is 3.07. The molecule has 0 saturated carbocycles. The van der Waals surface area contributed by atoms with Gasteiger partial charge in [0.05, 0.1) is 13.2 Å². The normalized spacial score (nSPS) is 18.6. The Kier molecular flexibility index (Phi) is 5.32. The van der Waals surface area contributed by atoms with Crippen molar-refractivity contribution in [1.29, 1.82) is 0 Å². The molecule has 2 rings (SSSR count). The minimum atomic E-state index is -0.370. The van der Waals surface area contributed by atoms with Gasteiger partial charge in [-0.2, -0.15) is 0 Å². The van der Waals surface area contributed by atoms with E-state index in [4.69, 9.17) is 10.5 Å². The first-order valence-corrected chi connectivity index (χ1v) is 7.40. The lowest BCUT2D eigenvalue weighted by atomic mass is 10.1. The van der Waals surface area contributed by atoms with E-state index in [1.807, 2.05) is 18.7 Å². The van der Waals surface area contributed by atoms with Crippen LogP contribution < -0.4 is 16.0 Å². The second-order valence-electron chi connectivity index (χ2n) is 4.99. The lowest BCUT2D eigenvalue weighted by Gasteiger charge is -2.36. The Hall–Kier alpha value is -1.89. The van der Waals surface area contributed by atoms with Gasteiger partial charge in [-0.15, -0.1) is 0 Å². The fourth-order valence-corrected chi connectivity index (χ4v) is 2.44. The Morgan fingerprint density at radius 1 is 1.52 bits per heavy atom. The molecule has 1 aromatic rings. The molecule has 1 atom stereocenters. The lowest BCUT2D eigenvalue weighted by Crippen LogP contribution is -2.54. The third-order valence-corrected chi connectivity index (χ3v) is 3.56. The number of hydrogen-bond acceptors (Lipinski definition) is 6. The van der Waals surface area contributed by atoms with Gasteiger partial charge in [-0.3, -0.25) is 4.79 Å². The van der Waals surface area contributed by atoms with Crippen LogP contribution in [0.5, 0.6) is 0 Å². The van der Waals surface area contributed by atoms with Crippen molar-refractivity contribution in [2.24, 2.45) is 0 Å². The summed E-state index contributed by atoms with van der Waals surface area (Å²) in [6, 6.07) is -0.370. The van der Waals surface area contributed by atoms with Gasteiger partial charge in [0.25, 0.3) is 0 Å². The van der Waals surface area contributed by atoms with E-state index in [-0.39, 0.29) is 11.9 Å². The standard InChI is InChI=1S/C14H23N5O2/c1-3-5-16-14(20)11-8-21-7-6-19(11)13-10(4-2)12(15)17-9-18-13/h9,11H,3-8H2,1-2H3,(H,16,20)(H2,15,17,18). The molecule has 0 bridgehead atoms. The van der Waals surface area contributed by atoms with Crippen LogP contribution in [0.2, 0.25) is 0 Å². The Labute approximate surface area is 124 Å². The molecule has 1 aliphatic heterocycles. The second kappa shape index (κ2) is 7.21. The highest BCUT2D eigenvalue weighted by Gasteiger charge is 2.31. The van der Waals surface area contributed by atoms with E-state index in [0.717, 1.165) is 24.2 Å². The zero-order valence-electron chi connectivity index (χ0n) is 12.6. The summed E-state index contributed by atoms with van der Waals surface area (Å²) in [7, 11) is 0. The van der Waals surface area contributed by atoms with Gasteiger partial charge in [0.1, 0.15) is 24.0 Å². The van der Waals surface area contributed by atoms with E-state index < -0.39 is 0 Å². The molecular formula is C14H23N5O2. The predicted octanol–water partition coefficient (Wildman–Crippen LogP) is 0.353. The summed E-state index contributed by atoms with van der Waals surface area (Å²) in [5.74, 6) is 1.18. The van der Waals surface area contributed by atoms with Gasteiger partial charge in [0.15, 0.2) is 0 Å². The van der Waals surface area contributed by atoms with Crippen LogP contribution in [-0.4, -0.2) is 48.2 Å². The number of carbonyl (C=O) groups excluding carboxylic acids is 1. The van der Waals surface area contributed by atoms with Crippen molar-refractivity contribution in [3.8, 4) is 0 Å². The number of rotatable bonds is 5. The van der Waals surface area contributed by atoms with Crippen molar-refractivity contribution in [2.75, 3.05) is 36.9 Å². The number of hydrogen-bond donors (Lipinski definition) is 2. The summed E-state index contributed by atoms with van der Waals surface area (Å²) in [6.45, 7) is 6.25. The van der Waals surface area contributed by atoms with Crippen LogP contribution in [-0.2, 0) is 16.0 Å². The number of aromatic nitrogens is 2. The van der Waals surface area contributed by atoms with Gasteiger partial charge < -0.3 is 20.7 Å². The molecule has 1 aliphatic rings. The maximum atomic E-state index is 12.3. The van der Waals surface area contributed by atoms with E-state index in [9.17, 15) is 4.79 Å². The molecule has 0 radical (unpaired) electrons. The van der Waals surface area contributed by atoms with Crippen molar-refractivity contribution in [2.45, 2.75) is 32.7 Å². The zero-order chi connectivity index (χ0) is 15.2. The highest BCUT2D eigenvalue weighted by Crippen LogP contribution is 2.25. The van der Waals surface area contributed by atoms with Gasteiger partial charge in [-0.05, 0) is 12.8 Å². The number of anilines is 2. The van der Waals surface area contributed by atoms with Crippen LogP contribution in [0.4, 0.5) is 11.6 Å². The quantitative estimate of drug-likeness (QED) is 0.814. The number of amides is 1. The minimum absolute atomic E-state index is 0.0317. The number of nitrogen functional groups attached to an aromatic ring is 1. The fraction of sp³-hybridized carbons (Fsp3) is 0.643. The van der Waals surface area contributed by atoms with Crippen LogP contribution in [0.1, 0.15) is 25.8 Å². The minimum Gasteiger partial charge on any atom is -0.383 e. The molecule has 21 heavy (non-hydrogen) atoms. The number of nitrogens with one attached hydrogen (secondary N) is 1. The van der Waals surface area contributed by atoms with Gasteiger partial charge in [-0.1, -0.05) is 13.8 Å². The third kappa shape index (κ3) is 3.41. The number of nitrogens with two attached hydrogens (primary N) is 1. The third-order valence-electron chi connectivity index (χ3n) is 3.56. The van der Waals surface area contributed by atoms with Crippen molar-refractivity contribution >= 4 is 17.5 Å². The Morgan fingerprint density at radius 3 is 3.05 bits per heavy atom. The van der Waals surface area contributed by atoms with Gasteiger partial charge >= 0.3 is 0 Å². The molecule has 1 unspecified atom stereocenters. The van der Waals surface area contributed by atoms with Crippen LogP contribution in [0.25, 0.3) is 0 Å². The first-order valence-electron chi connectivity index (χ1n) is 7.40. The van der Waals surface area contributed by atoms with Crippen molar-refractivity contribution < 1.29 is 9.53 Å². The van der Waals surface area contributed by atoms with Gasteiger partial charge in [-0.25, -0.2) is 9.97 Å². The second-order valence-corrected chi connectivity index (χ2v) is 4.99. The van der Waals surface area contributed by atoms with Gasteiger partial charge in [0.2, 0.25) is 5.91 Å². The average Bonchev–Trinajstić information content (AvgIpc) is 2.52. The van der Waals surface area contributed by atoms with E-state index in [1.165, 1.54) is 6.33 Å². The molecule has 1 saturated heterocycles. The molecule has 0 spiro atoms. The van der Waals surface area contributed by atoms with Crippen LogP contribution in [0, 0.1) is 0 Å². The van der Waals surface area contributed by atoms with E-state index >= 15 is 0 Å². The molecule has 1 fully saturated rings. The van der Waals surface area contributed by atoms with Gasteiger partial charge in [0, 0.05) is 18.7 Å². The van der Waals surface area contributed by atoms with E-state index in [1.54, 1.807) is 0 Å². The molecular weight excluding hydrogens is 270 g/mol.